The van der Waals surface area contributed by atoms with E-state index in [1.165, 1.54) is 18.6 Å². The molecule has 2 rings (SSSR count). The molecule has 21 heavy (non-hydrogen) atoms. The number of carbonyl (C=O) groups is 1. The number of hydrogen-bond acceptors (Lipinski definition) is 4. The predicted molar refractivity (Wildman–Crippen MR) is 85.3 cm³/mol. The van der Waals surface area contributed by atoms with E-state index < -0.39 is 0 Å². The zero-order valence-corrected chi connectivity index (χ0v) is 13.3. The summed E-state index contributed by atoms with van der Waals surface area (Å²) in [5.41, 5.74) is 0.970. The van der Waals surface area contributed by atoms with Crippen molar-refractivity contribution >= 4 is 17.8 Å². The van der Waals surface area contributed by atoms with Gasteiger partial charge in [0, 0.05) is 18.3 Å². The van der Waals surface area contributed by atoms with Crippen molar-refractivity contribution in [2.24, 2.45) is 0 Å². The van der Waals surface area contributed by atoms with Crippen LogP contribution in [-0.2, 0) is 6.54 Å². The lowest BCUT2D eigenvalue weighted by Crippen LogP contribution is -2.38. The lowest BCUT2D eigenvalue weighted by molar-refractivity contribution is 0.240. The Balaban J connectivity index is 1.77. The molecular weight excluding hydrogens is 288 g/mol. The molecule has 0 bridgehead atoms. The van der Waals surface area contributed by atoms with Crippen LogP contribution in [-0.4, -0.2) is 37.8 Å². The van der Waals surface area contributed by atoms with Crippen molar-refractivity contribution in [3.63, 3.8) is 0 Å². The zero-order valence-electron chi connectivity index (χ0n) is 12.5. The molecule has 116 valence electrons. The van der Waals surface area contributed by atoms with Crippen LogP contribution in [0.2, 0.25) is 0 Å². The number of thioether (sulfide) groups is 1. The number of urea groups is 1. The molecule has 6 heteroatoms. The summed E-state index contributed by atoms with van der Waals surface area (Å²) in [6.07, 6.45) is 2.45. The van der Waals surface area contributed by atoms with Crippen molar-refractivity contribution in [2.45, 2.75) is 24.6 Å². The zero-order chi connectivity index (χ0) is 15.1. The molecule has 0 spiro atoms. The van der Waals surface area contributed by atoms with Gasteiger partial charge in [-0.15, -0.1) is 0 Å². The molecule has 0 saturated carbocycles. The third-order valence-corrected chi connectivity index (χ3v) is 4.81. The average Bonchev–Trinajstić information content (AvgIpc) is 3.04. The summed E-state index contributed by atoms with van der Waals surface area (Å²) in [6.45, 7) is 1.20. The maximum atomic E-state index is 11.8. The number of methoxy groups -OCH3 is 2. The summed E-state index contributed by atoms with van der Waals surface area (Å²) < 4.78 is 10.4. The molecule has 1 saturated heterocycles. The van der Waals surface area contributed by atoms with Gasteiger partial charge in [0.05, 0.1) is 14.2 Å². The van der Waals surface area contributed by atoms with Crippen molar-refractivity contribution in [2.75, 3.05) is 26.5 Å². The number of ether oxygens (including phenoxy) is 2. The third-order valence-electron chi connectivity index (χ3n) is 3.42. The summed E-state index contributed by atoms with van der Waals surface area (Å²) in [5, 5.41) is 6.34. The highest BCUT2D eigenvalue weighted by Crippen LogP contribution is 2.27. The van der Waals surface area contributed by atoms with Crippen molar-refractivity contribution in [1.29, 1.82) is 0 Å². The van der Waals surface area contributed by atoms with Crippen LogP contribution in [0.5, 0.6) is 11.5 Å². The fourth-order valence-electron chi connectivity index (χ4n) is 2.25. The molecule has 1 atom stereocenters. The first-order valence-corrected chi connectivity index (χ1v) is 8.12. The summed E-state index contributed by atoms with van der Waals surface area (Å²) in [7, 11) is 3.20. The van der Waals surface area contributed by atoms with Gasteiger partial charge in [-0.2, -0.15) is 11.8 Å². The number of benzene rings is 1. The molecule has 2 N–H and O–H groups in total. The van der Waals surface area contributed by atoms with E-state index in [4.69, 9.17) is 9.47 Å². The molecule has 2 amide bonds. The van der Waals surface area contributed by atoms with Crippen LogP contribution in [0, 0.1) is 0 Å². The minimum absolute atomic E-state index is 0.128. The topological polar surface area (TPSA) is 59.6 Å². The lowest BCUT2D eigenvalue weighted by atomic mass is 10.2. The SMILES string of the molecule is COc1ccc(CNC(=O)NCC2CCCS2)cc1OC. The van der Waals surface area contributed by atoms with E-state index >= 15 is 0 Å². The Morgan fingerprint density at radius 2 is 2.10 bits per heavy atom. The van der Waals surface area contributed by atoms with Gasteiger partial charge in [-0.25, -0.2) is 4.79 Å². The highest BCUT2D eigenvalue weighted by atomic mass is 32.2. The van der Waals surface area contributed by atoms with E-state index in [0.29, 0.717) is 23.3 Å². The fourth-order valence-corrected chi connectivity index (χ4v) is 3.45. The molecule has 0 radical (unpaired) electrons. The van der Waals surface area contributed by atoms with Gasteiger partial charge in [0.25, 0.3) is 0 Å². The second-order valence-electron chi connectivity index (χ2n) is 4.89. The second-order valence-corrected chi connectivity index (χ2v) is 6.30. The average molecular weight is 310 g/mol. The summed E-state index contributed by atoms with van der Waals surface area (Å²) in [5.74, 6) is 2.56. The number of rotatable bonds is 6. The Morgan fingerprint density at radius 1 is 1.29 bits per heavy atom. The molecule has 1 aliphatic heterocycles. The van der Waals surface area contributed by atoms with Crippen LogP contribution >= 0.6 is 11.8 Å². The molecule has 1 aromatic rings. The quantitative estimate of drug-likeness (QED) is 0.847. The molecule has 5 nitrogen and oxygen atoms in total. The van der Waals surface area contributed by atoms with Gasteiger partial charge in [-0.05, 0) is 36.3 Å². The maximum Gasteiger partial charge on any atom is 0.315 e. The van der Waals surface area contributed by atoms with Crippen molar-refractivity contribution in [3.8, 4) is 11.5 Å². The van der Waals surface area contributed by atoms with Crippen LogP contribution in [0.15, 0.2) is 18.2 Å². The van der Waals surface area contributed by atoms with E-state index in [9.17, 15) is 4.79 Å². The van der Waals surface area contributed by atoms with E-state index in [-0.39, 0.29) is 6.03 Å². The highest BCUT2D eigenvalue weighted by Gasteiger charge is 2.16. The predicted octanol–water partition coefficient (Wildman–Crippen LogP) is 2.40. The van der Waals surface area contributed by atoms with Crippen LogP contribution in [0.3, 0.4) is 0 Å². The fraction of sp³-hybridized carbons (Fsp3) is 0.533. The Hall–Kier alpha value is -1.56. The van der Waals surface area contributed by atoms with Gasteiger partial charge in [0.2, 0.25) is 0 Å². The molecule has 1 heterocycles. The van der Waals surface area contributed by atoms with E-state index in [0.717, 1.165) is 12.1 Å². The lowest BCUT2D eigenvalue weighted by Gasteiger charge is -2.12. The van der Waals surface area contributed by atoms with Crippen LogP contribution in [0.4, 0.5) is 4.79 Å². The van der Waals surface area contributed by atoms with Gasteiger partial charge in [0.1, 0.15) is 0 Å². The molecule has 1 aromatic carbocycles. The summed E-state index contributed by atoms with van der Waals surface area (Å²) in [4.78, 5) is 11.8. The second kappa shape index (κ2) is 8.02. The smallest absolute Gasteiger partial charge is 0.315 e. The maximum absolute atomic E-state index is 11.8. The number of carbonyl (C=O) groups excluding carboxylic acids is 1. The Labute approximate surface area is 129 Å². The van der Waals surface area contributed by atoms with Crippen LogP contribution in [0.25, 0.3) is 0 Å². The largest absolute Gasteiger partial charge is 0.493 e. The molecule has 0 aromatic heterocycles. The van der Waals surface area contributed by atoms with Crippen LogP contribution < -0.4 is 20.1 Å². The standard InChI is InChI=1S/C15H22N2O3S/c1-19-13-6-5-11(8-14(13)20-2)9-16-15(18)17-10-12-4-3-7-21-12/h5-6,8,12H,3-4,7,9-10H2,1-2H3,(H2,16,17,18). The van der Waals surface area contributed by atoms with Crippen molar-refractivity contribution < 1.29 is 14.3 Å². The molecule has 1 aliphatic rings. The van der Waals surface area contributed by atoms with Gasteiger partial charge in [0.15, 0.2) is 11.5 Å². The van der Waals surface area contributed by atoms with Gasteiger partial charge in [-0.1, -0.05) is 6.07 Å². The summed E-state index contributed by atoms with van der Waals surface area (Å²) in [6, 6.07) is 5.49. The molecular formula is C15H22N2O3S. The number of hydrogen-bond donors (Lipinski definition) is 2. The Morgan fingerprint density at radius 3 is 2.76 bits per heavy atom. The Kier molecular flexibility index (Phi) is 6.04. The molecule has 1 fully saturated rings. The molecule has 0 aliphatic carbocycles. The minimum atomic E-state index is -0.128. The van der Waals surface area contributed by atoms with E-state index in [1.807, 2.05) is 30.0 Å². The first-order valence-electron chi connectivity index (χ1n) is 7.07. The monoisotopic (exact) mass is 310 g/mol. The van der Waals surface area contributed by atoms with Gasteiger partial charge >= 0.3 is 6.03 Å². The number of nitrogens with one attached hydrogen (secondary N) is 2. The first kappa shape index (κ1) is 15.8. The van der Waals surface area contributed by atoms with Gasteiger partial charge in [-0.3, -0.25) is 0 Å². The Bertz CT molecular complexity index is 476. The van der Waals surface area contributed by atoms with E-state index in [1.54, 1.807) is 14.2 Å². The third kappa shape index (κ3) is 4.74. The van der Waals surface area contributed by atoms with Crippen molar-refractivity contribution in [1.82, 2.24) is 10.6 Å². The van der Waals surface area contributed by atoms with Crippen LogP contribution in [0.1, 0.15) is 18.4 Å². The van der Waals surface area contributed by atoms with E-state index in [2.05, 4.69) is 10.6 Å². The number of amides is 2. The summed E-state index contributed by atoms with van der Waals surface area (Å²) >= 11 is 1.93. The van der Waals surface area contributed by atoms with Crippen molar-refractivity contribution in [3.05, 3.63) is 23.8 Å². The normalized spacial score (nSPS) is 17.3. The first-order chi connectivity index (χ1) is 10.2. The molecule has 1 unspecified atom stereocenters. The van der Waals surface area contributed by atoms with Gasteiger partial charge < -0.3 is 20.1 Å². The minimum Gasteiger partial charge on any atom is -0.493 e. The highest BCUT2D eigenvalue weighted by molar-refractivity contribution is 8.00.